The van der Waals surface area contributed by atoms with Gasteiger partial charge in [0.25, 0.3) is 0 Å². The third-order valence-electron chi connectivity index (χ3n) is 3.49. The van der Waals surface area contributed by atoms with Crippen molar-refractivity contribution >= 4 is 11.9 Å². The lowest BCUT2D eigenvalue weighted by atomic mass is 9.76. The molecule has 4 N–H and O–H groups in total. The highest BCUT2D eigenvalue weighted by atomic mass is 16.5. The molecule has 0 aliphatic heterocycles. The summed E-state index contributed by atoms with van der Waals surface area (Å²) in [7, 11) is 1.30. The Hall–Kier alpha value is -1.14. The van der Waals surface area contributed by atoms with Gasteiger partial charge in [-0.2, -0.15) is 0 Å². The third-order valence-corrected chi connectivity index (χ3v) is 3.49. The summed E-state index contributed by atoms with van der Waals surface area (Å²) in [5, 5.41) is 11.4. The average molecular weight is 258 g/mol. The molecule has 0 aromatic carbocycles. The van der Waals surface area contributed by atoms with Crippen LogP contribution in [0.3, 0.4) is 0 Å². The van der Waals surface area contributed by atoms with E-state index in [-0.39, 0.29) is 12.5 Å². The highest BCUT2D eigenvalue weighted by Crippen LogP contribution is 2.30. The minimum atomic E-state index is -1.10. The molecule has 1 rings (SSSR count). The highest BCUT2D eigenvalue weighted by molar-refractivity contribution is 5.86. The van der Waals surface area contributed by atoms with E-state index in [1.807, 2.05) is 0 Å². The summed E-state index contributed by atoms with van der Waals surface area (Å²) in [6.07, 6.45) is 2.27. The first-order valence-corrected chi connectivity index (χ1v) is 6.22. The summed E-state index contributed by atoms with van der Waals surface area (Å²) in [6.45, 7) is 2.02. The SMILES string of the molecule is COC(CNC(=O)C1(N)CCCC(C)C1)C(=O)O. The van der Waals surface area contributed by atoms with E-state index in [1.54, 1.807) is 0 Å². The molecule has 0 saturated heterocycles. The van der Waals surface area contributed by atoms with E-state index in [1.165, 1.54) is 7.11 Å². The Morgan fingerprint density at radius 1 is 1.61 bits per heavy atom. The Morgan fingerprint density at radius 3 is 2.78 bits per heavy atom. The second kappa shape index (κ2) is 6.15. The number of amides is 1. The Balaban J connectivity index is 2.51. The molecule has 1 amide bonds. The number of hydrogen-bond donors (Lipinski definition) is 3. The number of hydrogen-bond acceptors (Lipinski definition) is 4. The summed E-state index contributed by atoms with van der Waals surface area (Å²) in [5.41, 5.74) is 5.23. The van der Waals surface area contributed by atoms with Gasteiger partial charge in [-0.3, -0.25) is 4.79 Å². The lowest BCUT2D eigenvalue weighted by Crippen LogP contribution is -2.57. The Labute approximate surface area is 107 Å². The van der Waals surface area contributed by atoms with Crippen LogP contribution in [0.25, 0.3) is 0 Å². The minimum absolute atomic E-state index is 0.0575. The van der Waals surface area contributed by atoms with Crippen LogP contribution >= 0.6 is 0 Å². The van der Waals surface area contributed by atoms with Crippen LogP contribution < -0.4 is 11.1 Å². The van der Waals surface area contributed by atoms with Gasteiger partial charge in [-0.1, -0.05) is 19.8 Å². The van der Waals surface area contributed by atoms with Crippen molar-refractivity contribution in [3.8, 4) is 0 Å². The van der Waals surface area contributed by atoms with Gasteiger partial charge in [-0.15, -0.1) is 0 Å². The molecule has 1 aliphatic carbocycles. The number of aliphatic carboxylic acids is 1. The van der Waals surface area contributed by atoms with Gasteiger partial charge < -0.3 is 20.9 Å². The van der Waals surface area contributed by atoms with Gasteiger partial charge in [0.1, 0.15) is 0 Å². The molecule has 0 spiro atoms. The zero-order chi connectivity index (χ0) is 13.8. The third kappa shape index (κ3) is 3.68. The first-order valence-electron chi connectivity index (χ1n) is 6.22. The second-order valence-electron chi connectivity index (χ2n) is 5.13. The summed E-state index contributed by atoms with van der Waals surface area (Å²) in [5.74, 6) is -0.953. The zero-order valence-electron chi connectivity index (χ0n) is 10.9. The Bertz CT molecular complexity index is 321. The normalized spacial score (nSPS) is 29.6. The van der Waals surface area contributed by atoms with E-state index in [0.29, 0.717) is 18.8 Å². The van der Waals surface area contributed by atoms with E-state index in [2.05, 4.69) is 12.2 Å². The fraction of sp³-hybridized carbons (Fsp3) is 0.833. The van der Waals surface area contributed by atoms with Crippen molar-refractivity contribution in [2.45, 2.75) is 44.2 Å². The first kappa shape index (κ1) is 14.9. The molecule has 0 aromatic heterocycles. The van der Waals surface area contributed by atoms with E-state index >= 15 is 0 Å². The molecular weight excluding hydrogens is 236 g/mol. The van der Waals surface area contributed by atoms with Crippen molar-refractivity contribution in [2.75, 3.05) is 13.7 Å². The molecule has 104 valence electrons. The number of carbonyl (C=O) groups is 2. The van der Waals surface area contributed by atoms with Crippen molar-refractivity contribution in [1.29, 1.82) is 0 Å². The molecule has 0 bridgehead atoms. The highest BCUT2D eigenvalue weighted by Gasteiger charge is 2.38. The van der Waals surface area contributed by atoms with Gasteiger partial charge in [-0.05, 0) is 18.8 Å². The molecule has 18 heavy (non-hydrogen) atoms. The van der Waals surface area contributed by atoms with Crippen LogP contribution in [0.4, 0.5) is 0 Å². The molecule has 3 atom stereocenters. The minimum Gasteiger partial charge on any atom is -0.479 e. The van der Waals surface area contributed by atoms with Crippen molar-refractivity contribution < 1.29 is 19.4 Å². The van der Waals surface area contributed by atoms with Crippen molar-refractivity contribution in [2.24, 2.45) is 11.7 Å². The van der Waals surface area contributed by atoms with Crippen LogP contribution in [0.5, 0.6) is 0 Å². The van der Waals surface area contributed by atoms with Crippen LogP contribution in [-0.4, -0.2) is 42.3 Å². The fourth-order valence-electron chi connectivity index (χ4n) is 2.43. The van der Waals surface area contributed by atoms with Gasteiger partial charge in [0.2, 0.25) is 5.91 Å². The first-order chi connectivity index (χ1) is 8.39. The van der Waals surface area contributed by atoms with Crippen LogP contribution in [0.1, 0.15) is 32.6 Å². The lowest BCUT2D eigenvalue weighted by molar-refractivity contribution is -0.148. The molecule has 1 saturated carbocycles. The van der Waals surface area contributed by atoms with Gasteiger partial charge in [0.05, 0.1) is 12.1 Å². The topological polar surface area (TPSA) is 102 Å². The molecule has 3 unspecified atom stereocenters. The predicted molar refractivity (Wildman–Crippen MR) is 66.0 cm³/mol. The number of carboxylic acids is 1. The van der Waals surface area contributed by atoms with Gasteiger partial charge in [0.15, 0.2) is 6.10 Å². The number of nitrogens with two attached hydrogens (primary N) is 1. The van der Waals surface area contributed by atoms with Crippen LogP contribution in [-0.2, 0) is 14.3 Å². The monoisotopic (exact) mass is 258 g/mol. The van der Waals surface area contributed by atoms with E-state index in [4.69, 9.17) is 15.6 Å². The quantitative estimate of drug-likeness (QED) is 0.649. The summed E-state index contributed by atoms with van der Waals surface area (Å²) < 4.78 is 4.75. The molecule has 6 nitrogen and oxygen atoms in total. The van der Waals surface area contributed by atoms with Crippen LogP contribution in [0, 0.1) is 5.92 Å². The number of ether oxygens (including phenoxy) is 1. The summed E-state index contributed by atoms with van der Waals surface area (Å²) in [4.78, 5) is 22.8. The molecule has 1 aliphatic rings. The van der Waals surface area contributed by atoms with Gasteiger partial charge in [-0.25, -0.2) is 4.79 Å². The van der Waals surface area contributed by atoms with Crippen LogP contribution in [0.15, 0.2) is 0 Å². The van der Waals surface area contributed by atoms with E-state index < -0.39 is 17.6 Å². The summed E-state index contributed by atoms with van der Waals surface area (Å²) >= 11 is 0. The van der Waals surface area contributed by atoms with Crippen molar-refractivity contribution in [3.05, 3.63) is 0 Å². The smallest absolute Gasteiger partial charge is 0.334 e. The molecular formula is C12H22N2O4. The second-order valence-corrected chi connectivity index (χ2v) is 5.13. The van der Waals surface area contributed by atoms with Crippen molar-refractivity contribution in [3.63, 3.8) is 0 Å². The van der Waals surface area contributed by atoms with E-state index in [0.717, 1.165) is 12.8 Å². The van der Waals surface area contributed by atoms with Crippen LogP contribution in [0.2, 0.25) is 0 Å². The van der Waals surface area contributed by atoms with Gasteiger partial charge >= 0.3 is 5.97 Å². The molecule has 1 fully saturated rings. The lowest BCUT2D eigenvalue weighted by Gasteiger charge is -2.35. The number of carbonyl (C=O) groups excluding carboxylic acids is 1. The molecule has 0 aromatic rings. The maximum absolute atomic E-state index is 12.0. The zero-order valence-corrected chi connectivity index (χ0v) is 10.9. The summed E-state index contributed by atoms with van der Waals surface area (Å²) in [6, 6.07) is 0. The standard InChI is InChI=1S/C12H22N2O4/c1-8-4-3-5-12(13,6-8)11(17)14-7-9(18-2)10(15)16/h8-9H,3-7,13H2,1-2H3,(H,14,17)(H,15,16). The fourth-order valence-corrected chi connectivity index (χ4v) is 2.43. The number of rotatable bonds is 5. The maximum Gasteiger partial charge on any atom is 0.334 e. The maximum atomic E-state index is 12.0. The largest absolute Gasteiger partial charge is 0.479 e. The average Bonchev–Trinajstić information content (AvgIpc) is 2.28. The molecule has 6 heteroatoms. The number of carboxylic acid groups (broad SMARTS) is 1. The molecule has 0 radical (unpaired) electrons. The molecule has 0 heterocycles. The number of methoxy groups -OCH3 is 1. The van der Waals surface area contributed by atoms with Crippen molar-refractivity contribution in [1.82, 2.24) is 5.32 Å². The predicted octanol–water partition coefficient (Wildman–Crippen LogP) is 0.110. The number of nitrogens with one attached hydrogen (secondary N) is 1. The Morgan fingerprint density at radius 2 is 2.28 bits per heavy atom. The Kier molecular flexibility index (Phi) is 5.10. The van der Waals surface area contributed by atoms with Gasteiger partial charge in [0, 0.05) is 7.11 Å². The van der Waals surface area contributed by atoms with E-state index in [9.17, 15) is 9.59 Å².